The van der Waals surface area contributed by atoms with Gasteiger partial charge in [-0.15, -0.1) is 0 Å². The first-order valence-corrected chi connectivity index (χ1v) is 10.2. The molecule has 4 heteroatoms. The molecule has 4 rings (SSSR count). The molecule has 1 amide bonds. The Bertz CT molecular complexity index is 970. The van der Waals surface area contributed by atoms with Crippen LogP contribution in [0, 0.1) is 6.92 Å². The second-order valence-electron chi connectivity index (χ2n) is 7.58. The summed E-state index contributed by atoms with van der Waals surface area (Å²) in [5.74, 6) is 0.0545. The van der Waals surface area contributed by atoms with Crippen LogP contribution in [0.15, 0.2) is 48.5 Å². The van der Waals surface area contributed by atoms with Crippen LogP contribution in [-0.4, -0.2) is 27.5 Å². The predicted molar refractivity (Wildman–Crippen MR) is 112 cm³/mol. The summed E-state index contributed by atoms with van der Waals surface area (Å²) in [5, 5.41) is 7.58. The van der Waals surface area contributed by atoms with Gasteiger partial charge in [-0.25, -0.2) is 0 Å². The third-order valence-electron chi connectivity index (χ3n) is 5.65. The fourth-order valence-corrected chi connectivity index (χ4v) is 3.97. The Morgan fingerprint density at radius 3 is 2.39 bits per heavy atom. The van der Waals surface area contributed by atoms with E-state index in [9.17, 15) is 4.79 Å². The van der Waals surface area contributed by atoms with Crippen LogP contribution >= 0.6 is 0 Å². The molecule has 0 spiro atoms. The van der Waals surface area contributed by atoms with E-state index in [1.165, 1.54) is 11.1 Å². The van der Waals surface area contributed by atoms with E-state index < -0.39 is 0 Å². The van der Waals surface area contributed by atoms with Gasteiger partial charge in [0.1, 0.15) is 5.69 Å². The standard InChI is InChI=1S/C24H27N3O/c1-4-6-15-27-23(19-13-9-17(5-2)10-14-19)20-21(25-26-22(20)24(27)28)18-11-7-16(3)8-12-18/h7-14,23H,4-6,15H2,1-3H3,(H,25,26). The Balaban J connectivity index is 1.83. The van der Waals surface area contributed by atoms with E-state index in [-0.39, 0.29) is 11.9 Å². The number of hydrogen-bond acceptors (Lipinski definition) is 2. The first kappa shape index (κ1) is 18.5. The molecule has 1 atom stereocenters. The number of amides is 1. The largest absolute Gasteiger partial charge is 0.326 e. The number of hydrogen-bond donors (Lipinski definition) is 1. The van der Waals surface area contributed by atoms with Crippen LogP contribution in [0.1, 0.15) is 65.5 Å². The average molecular weight is 374 g/mol. The lowest BCUT2D eigenvalue weighted by molar-refractivity contribution is 0.0741. The number of carbonyl (C=O) groups excluding carboxylic acids is 1. The number of benzene rings is 2. The highest BCUT2D eigenvalue weighted by atomic mass is 16.2. The summed E-state index contributed by atoms with van der Waals surface area (Å²) in [4.78, 5) is 15.2. The van der Waals surface area contributed by atoms with Crippen LogP contribution in [0.4, 0.5) is 0 Å². The molecule has 0 radical (unpaired) electrons. The quantitative estimate of drug-likeness (QED) is 0.638. The molecule has 0 aliphatic carbocycles. The maximum Gasteiger partial charge on any atom is 0.273 e. The van der Waals surface area contributed by atoms with Gasteiger partial charge in [-0.2, -0.15) is 5.10 Å². The maximum absolute atomic E-state index is 13.2. The monoisotopic (exact) mass is 373 g/mol. The van der Waals surface area contributed by atoms with Gasteiger partial charge in [0.05, 0.1) is 11.7 Å². The zero-order valence-electron chi connectivity index (χ0n) is 16.8. The molecule has 1 N–H and O–H groups in total. The van der Waals surface area contributed by atoms with Gasteiger partial charge in [0.15, 0.2) is 0 Å². The normalized spacial score (nSPS) is 15.9. The molecule has 1 aliphatic heterocycles. The summed E-state index contributed by atoms with van der Waals surface area (Å²) < 4.78 is 0. The first-order valence-electron chi connectivity index (χ1n) is 10.2. The molecule has 144 valence electrons. The predicted octanol–water partition coefficient (Wildman–Crippen LogP) is 5.29. The van der Waals surface area contributed by atoms with Crippen molar-refractivity contribution < 1.29 is 4.79 Å². The molecule has 28 heavy (non-hydrogen) atoms. The zero-order chi connectivity index (χ0) is 19.7. The molecule has 4 nitrogen and oxygen atoms in total. The Kier molecular flexibility index (Phi) is 5.03. The van der Waals surface area contributed by atoms with Crippen molar-refractivity contribution in [2.24, 2.45) is 0 Å². The summed E-state index contributed by atoms with van der Waals surface area (Å²) in [5.41, 5.74) is 7.23. The van der Waals surface area contributed by atoms with Crippen molar-refractivity contribution in [3.8, 4) is 11.3 Å². The van der Waals surface area contributed by atoms with E-state index >= 15 is 0 Å². The minimum Gasteiger partial charge on any atom is -0.326 e. The van der Waals surface area contributed by atoms with Crippen molar-refractivity contribution in [3.05, 3.63) is 76.5 Å². The van der Waals surface area contributed by atoms with Gasteiger partial charge in [-0.05, 0) is 30.9 Å². The lowest BCUT2D eigenvalue weighted by atomic mass is 9.95. The third-order valence-corrected chi connectivity index (χ3v) is 5.65. The van der Waals surface area contributed by atoms with Crippen molar-refractivity contribution >= 4 is 5.91 Å². The fourth-order valence-electron chi connectivity index (χ4n) is 3.97. The van der Waals surface area contributed by atoms with Crippen LogP contribution in [0.25, 0.3) is 11.3 Å². The van der Waals surface area contributed by atoms with Gasteiger partial charge >= 0.3 is 0 Å². The van der Waals surface area contributed by atoms with Crippen LogP contribution in [0.5, 0.6) is 0 Å². The molecule has 0 fully saturated rings. The minimum absolute atomic E-state index is 0.0545. The molecule has 1 aliphatic rings. The van der Waals surface area contributed by atoms with E-state index in [1.54, 1.807) is 0 Å². The molecule has 1 unspecified atom stereocenters. The highest BCUT2D eigenvalue weighted by molar-refractivity contribution is 6.00. The Morgan fingerprint density at radius 2 is 1.75 bits per heavy atom. The SMILES string of the molecule is CCCCN1C(=O)c2[nH]nc(-c3ccc(C)cc3)c2C1c1ccc(CC)cc1. The van der Waals surface area contributed by atoms with Crippen molar-refractivity contribution in [1.82, 2.24) is 15.1 Å². The highest BCUT2D eigenvalue weighted by Crippen LogP contribution is 2.42. The van der Waals surface area contributed by atoms with Crippen LogP contribution in [-0.2, 0) is 6.42 Å². The number of fused-ring (bicyclic) bond motifs is 1. The fraction of sp³-hybridized carbons (Fsp3) is 0.333. The van der Waals surface area contributed by atoms with Crippen molar-refractivity contribution in [2.75, 3.05) is 6.54 Å². The molecule has 0 bridgehead atoms. The lowest BCUT2D eigenvalue weighted by Crippen LogP contribution is -2.30. The van der Waals surface area contributed by atoms with Gasteiger partial charge in [-0.1, -0.05) is 74.4 Å². The van der Waals surface area contributed by atoms with E-state index in [2.05, 4.69) is 79.5 Å². The zero-order valence-corrected chi connectivity index (χ0v) is 16.8. The maximum atomic E-state index is 13.2. The number of aromatic nitrogens is 2. The van der Waals surface area contributed by atoms with E-state index in [1.807, 2.05) is 4.90 Å². The number of aromatic amines is 1. The van der Waals surface area contributed by atoms with Gasteiger partial charge < -0.3 is 4.90 Å². The van der Waals surface area contributed by atoms with E-state index in [0.717, 1.165) is 48.2 Å². The average Bonchev–Trinajstić information content (AvgIpc) is 3.26. The summed E-state index contributed by atoms with van der Waals surface area (Å²) in [6, 6.07) is 16.9. The molecule has 0 saturated carbocycles. The molecule has 2 heterocycles. The minimum atomic E-state index is -0.0880. The lowest BCUT2D eigenvalue weighted by Gasteiger charge is -2.26. The second kappa shape index (κ2) is 7.63. The Morgan fingerprint density at radius 1 is 1.04 bits per heavy atom. The van der Waals surface area contributed by atoms with Crippen molar-refractivity contribution in [2.45, 2.75) is 46.1 Å². The van der Waals surface area contributed by atoms with Crippen molar-refractivity contribution in [3.63, 3.8) is 0 Å². The van der Waals surface area contributed by atoms with Gasteiger partial charge in [0.25, 0.3) is 5.91 Å². The number of nitrogens with zero attached hydrogens (tertiary/aromatic N) is 2. The van der Waals surface area contributed by atoms with Gasteiger partial charge in [0.2, 0.25) is 0 Å². The molecular formula is C24H27N3O. The first-order chi connectivity index (χ1) is 13.6. The summed E-state index contributed by atoms with van der Waals surface area (Å²) in [6.07, 6.45) is 3.06. The molecule has 0 saturated heterocycles. The van der Waals surface area contributed by atoms with Gasteiger partial charge in [0, 0.05) is 17.7 Å². The number of H-pyrrole nitrogens is 1. The third kappa shape index (κ3) is 3.13. The number of rotatable bonds is 6. The highest BCUT2D eigenvalue weighted by Gasteiger charge is 2.41. The summed E-state index contributed by atoms with van der Waals surface area (Å²) >= 11 is 0. The number of nitrogens with one attached hydrogen (secondary N) is 1. The van der Waals surface area contributed by atoms with Crippen LogP contribution in [0.3, 0.4) is 0 Å². The summed E-state index contributed by atoms with van der Waals surface area (Å²) in [7, 11) is 0. The Labute approximate surface area is 166 Å². The van der Waals surface area contributed by atoms with Crippen molar-refractivity contribution in [1.29, 1.82) is 0 Å². The summed E-state index contributed by atoms with van der Waals surface area (Å²) in [6.45, 7) is 7.15. The smallest absolute Gasteiger partial charge is 0.273 e. The van der Waals surface area contributed by atoms with E-state index in [4.69, 9.17) is 0 Å². The van der Waals surface area contributed by atoms with E-state index in [0.29, 0.717) is 5.69 Å². The number of unbranched alkanes of at least 4 members (excludes halogenated alkanes) is 1. The molecule has 2 aromatic carbocycles. The molecule has 1 aromatic heterocycles. The number of carbonyl (C=O) groups is 1. The number of aryl methyl sites for hydroxylation is 2. The topological polar surface area (TPSA) is 49.0 Å². The van der Waals surface area contributed by atoms with Crippen LogP contribution < -0.4 is 0 Å². The molecular weight excluding hydrogens is 346 g/mol. The second-order valence-corrected chi connectivity index (χ2v) is 7.58. The molecule has 3 aromatic rings. The Hall–Kier alpha value is -2.88. The van der Waals surface area contributed by atoms with Crippen LogP contribution in [0.2, 0.25) is 0 Å². The van der Waals surface area contributed by atoms with Gasteiger partial charge in [-0.3, -0.25) is 9.89 Å².